The van der Waals surface area contributed by atoms with Crippen LogP contribution in [0.2, 0.25) is 0 Å². The summed E-state index contributed by atoms with van der Waals surface area (Å²) in [4.78, 5) is 25.6. The topological polar surface area (TPSA) is 80.8 Å². The molecule has 0 fully saturated rings. The van der Waals surface area contributed by atoms with Gasteiger partial charge in [0.2, 0.25) is 15.8 Å². The van der Waals surface area contributed by atoms with E-state index in [4.69, 9.17) is 4.74 Å². The van der Waals surface area contributed by atoms with E-state index in [9.17, 15) is 22.4 Å². The molecule has 0 aliphatic carbocycles. The van der Waals surface area contributed by atoms with Gasteiger partial charge in [-0.15, -0.1) is 11.3 Å². The third-order valence-corrected chi connectivity index (χ3v) is 6.36. The summed E-state index contributed by atoms with van der Waals surface area (Å²) in [6.07, 6.45) is 0. The maximum Gasteiger partial charge on any atom is 0.321 e. The Hall–Kier alpha value is -2.10. The van der Waals surface area contributed by atoms with Crippen molar-refractivity contribution >= 4 is 33.1 Å². The third-order valence-electron chi connectivity index (χ3n) is 3.58. The number of thiophene rings is 1. The van der Waals surface area contributed by atoms with Crippen molar-refractivity contribution < 1.29 is 27.1 Å². The fraction of sp³-hybridized carbons (Fsp3) is 0.294. The number of rotatable bonds is 7. The number of carbonyl (C=O) groups is 2. The molecule has 0 bridgehead atoms. The lowest BCUT2D eigenvalue weighted by Gasteiger charge is -2.16. The minimum Gasteiger partial charge on any atom is -0.456 e. The predicted molar refractivity (Wildman–Crippen MR) is 95.3 cm³/mol. The van der Waals surface area contributed by atoms with Crippen LogP contribution in [0.4, 0.5) is 4.39 Å². The molecule has 2 aromatic rings. The molecule has 26 heavy (non-hydrogen) atoms. The number of halogens is 1. The molecule has 140 valence electrons. The first-order valence-electron chi connectivity index (χ1n) is 7.59. The molecule has 0 saturated carbocycles. The molecule has 0 saturated heterocycles. The third kappa shape index (κ3) is 4.75. The summed E-state index contributed by atoms with van der Waals surface area (Å²) in [5.74, 6) is -1.76. The first-order chi connectivity index (χ1) is 12.1. The average Bonchev–Trinajstić information content (AvgIpc) is 2.91. The van der Waals surface area contributed by atoms with Crippen LogP contribution in [0, 0.1) is 19.7 Å². The summed E-state index contributed by atoms with van der Waals surface area (Å²) in [5.41, 5.74) is 0.493. The molecule has 0 spiro atoms. The Bertz CT molecular complexity index is 919. The number of carbonyl (C=O) groups excluding carboxylic acids is 2. The lowest BCUT2D eigenvalue weighted by Crippen LogP contribution is -2.33. The van der Waals surface area contributed by atoms with Gasteiger partial charge in [0, 0.05) is 22.4 Å². The maximum atomic E-state index is 12.9. The lowest BCUT2D eigenvalue weighted by molar-refractivity contribution is -0.142. The van der Waals surface area contributed by atoms with Gasteiger partial charge in [-0.25, -0.2) is 12.8 Å². The van der Waals surface area contributed by atoms with Crippen LogP contribution >= 0.6 is 11.3 Å². The van der Waals surface area contributed by atoms with Gasteiger partial charge in [-0.2, -0.15) is 4.31 Å². The summed E-state index contributed by atoms with van der Waals surface area (Å²) in [5, 5.41) is 0. The summed E-state index contributed by atoms with van der Waals surface area (Å²) in [6, 6.07) is 5.97. The van der Waals surface area contributed by atoms with Crippen molar-refractivity contribution in [1.82, 2.24) is 4.31 Å². The Morgan fingerprint density at radius 1 is 1.19 bits per heavy atom. The van der Waals surface area contributed by atoms with E-state index < -0.39 is 35.0 Å². The fourth-order valence-corrected chi connectivity index (χ4v) is 4.29. The van der Waals surface area contributed by atoms with Crippen molar-refractivity contribution in [3.05, 3.63) is 51.5 Å². The Morgan fingerprint density at radius 2 is 1.81 bits per heavy atom. The Labute approximate surface area is 155 Å². The van der Waals surface area contributed by atoms with Crippen molar-refractivity contribution in [3.63, 3.8) is 0 Å². The lowest BCUT2D eigenvalue weighted by atomic mass is 10.2. The minimum atomic E-state index is -3.96. The van der Waals surface area contributed by atoms with Crippen molar-refractivity contribution in [2.75, 3.05) is 20.2 Å². The summed E-state index contributed by atoms with van der Waals surface area (Å²) in [7, 11) is -2.76. The number of Topliss-reactive ketones (excluding diaryl/α,β-unsaturated/α-hetero) is 1. The second kappa shape index (κ2) is 8.07. The molecule has 0 radical (unpaired) electrons. The normalized spacial score (nSPS) is 11.6. The van der Waals surface area contributed by atoms with Crippen LogP contribution in [-0.2, 0) is 19.6 Å². The first kappa shape index (κ1) is 20.2. The molecule has 0 atom stereocenters. The molecule has 0 aliphatic heterocycles. The van der Waals surface area contributed by atoms with E-state index in [2.05, 4.69) is 0 Å². The van der Waals surface area contributed by atoms with E-state index >= 15 is 0 Å². The Morgan fingerprint density at radius 3 is 2.35 bits per heavy atom. The van der Waals surface area contributed by atoms with Crippen molar-refractivity contribution in [1.29, 1.82) is 0 Å². The van der Waals surface area contributed by atoms with Gasteiger partial charge in [0.1, 0.15) is 12.4 Å². The Kier molecular flexibility index (Phi) is 6.27. The van der Waals surface area contributed by atoms with E-state index in [0.717, 1.165) is 38.3 Å². The largest absolute Gasteiger partial charge is 0.456 e. The number of ketones is 1. The number of esters is 1. The van der Waals surface area contributed by atoms with Gasteiger partial charge < -0.3 is 4.74 Å². The van der Waals surface area contributed by atoms with E-state index in [0.29, 0.717) is 5.56 Å². The zero-order chi connectivity index (χ0) is 19.5. The van der Waals surface area contributed by atoms with Gasteiger partial charge in [0.15, 0.2) is 6.61 Å². The molecule has 1 heterocycles. The quantitative estimate of drug-likeness (QED) is 0.528. The average molecular weight is 399 g/mol. The van der Waals surface area contributed by atoms with Gasteiger partial charge in [0.05, 0.1) is 4.90 Å². The Balaban J connectivity index is 1.95. The van der Waals surface area contributed by atoms with Gasteiger partial charge >= 0.3 is 5.97 Å². The van der Waals surface area contributed by atoms with Crippen LogP contribution in [0.3, 0.4) is 0 Å². The highest BCUT2D eigenvalue weighted by molar-refractivity contribution is 7.89. The highest BCUT2D eigenvalue weighted by Crippen LogP contribution is 2.21. The smallest absolute Gasteiger partial charge is 0.321 e. The second-order valence-electron chi connectivity index (χ2n) is 5.63. The molecule has 0 N–H and O–H groups in total. The zero-order valence-electron chi connectivity index (χ0n) is 14.5. The zero-order valence-corrected chi connectivity index (χ0v) is 16.1. The van der Waals surface area contributed by atoms with Crippen LogP contribution in [0.25, 0.3) is 0 Å². The van der Waals surface area contributed by atoms with E-state index in [1.165, 1.54) is 18.4 Å². The summed E-state index contributed by atoms with van der Waals surface area (Å²) >= 11 is 1.47. The molecule has 2 rings (SSSR count). The number of hydrogen-bond donors (Lipinski definition) is 0. The van der Waals surface area contributed by atoms with Gasteiger partial charge in [0.25, 0.3) is 0 Å². The van der Waals surface area contributed by atoms with Crippen LogP contribution in [0.1, 0.15) is 20.1 Å². The van der Waals surface area contributed by atoms with E-state index in [1.807, 2.05) is 6.92 Å². The van der Waals surface area contributed by atoms with Crippen molar-refractivity contribution in [2.45, 2.75) is 18.7 Å². The molecule has 9 heteroatoms. The van der Waals surface area contributed by atoms with E-state index in [1.54, 1.807) is 13.0 Å². The number of benzene rings is 1. The van der Waals surface area contributed by atoms with Gasteiger partial charge in [-0.1, -0.05) is 0 Å². The highest BCUT2D eigenvalue weighted by Gasteiger charge is 2.24. The van der Waals surface area contributed by atoms with Crippen LogP contribution < -0.4 is 0 Å². The van der Waals surface area contributed by atoms with Crippen molar-refractivity contribution in [3.8, 4) is 0 Å². The highest BCUT2D eigenvalue weighted by atomic mass is 32.2. The molecular formula is C17H18FNO5S2. The van der Waals surface area contributed by atoms with Gasteiger partial charge in [-0.3, -0.25) is 9.59 Å². The molecule has 1 aromatic carbocycles. The predicted octanol–water partition coefficient (Wildman–Crippen LogP) is 2.55. The van der Waals surface area contributed by atoms with Crippen LogP contribution in [0.15, 0.2) is 35.2 Å². The summed E-state index contributed by atoms with van der Waals surface area (Å²) < 4.78 is 43.2. The number of hydrogen-bond acceptors (Lipinski definition) is 6. The number of sulfonamides is 1. The number of aryl methyl sites for hydroxylation is 2. The molecule has 1 aromatic heterocycles. The monoisotopic (exact) mass is 399 g/mol. The van der Waals surface area contributed by atoms with Crippen LogP contribution in [-0.4, -0.2) is 44.7 Å². The SMILES string of the molecule is Cc1cc(C(=O)COC(=O)CN(C)S(=O)(=O)c2ccc(F)cc2)c(C)s1. The second-order valence-corrected chi connectivity index (χ2v) is 9.13. The minimum absolute atomic E-state index is 0.144. The number of ether oxygens (including phenoxy) is 1. The van der Waals surface area contributed by atoms with E-state index in [-0.39, 0.29) is 10.7 Å². The number of likely N-dealkylation sites (N-methyl/N-ethyl adjacent to an activating group) is 1. The molecular weight excluding hydrogens is 381 g/mol. The molecule has 6 nitrogen and oxygen atoms in total. The van der Waals surface area contributed by atoms with Crippen LogP contribution in [0.5, 0.6) is 0 Å². The first-order valence-corrected chi connectivity index (χ1v) is 9.84. The maximum absolute atomic E-state index is 12.9. The fourth-order valence-electron chi connectivity index (χ4n) is 2.23. The molecule has 0 aliphatic rings. The molecule has 0 amide bonds. The number of nitrogens with zero attached hydrogens (tertiary/aromatic N) is 1. The van der Waals surface area contributed by atoms with Gasteiger partial charge in [-0.05, 0) is 44.2 Å². The standard InChI is InChI=1S/C17H18FNO5S2/c1-11-8-15(12(2)25-11)16(20)10-24-17(21)9-19(3)26(22,23)14-6-4-13(18)5-7-14/h4-8H,9-10H2,1-3H3. The summed E-state index contributed by atoms with van der Waals surface area (Å²) in [6.45, 7) is 2.65. The molecule has 0 unspecified atom stereocenters. The van der Waals surface area contributed by atoms with Crippen molar-refractivity contribution in [2.24, 2.45) is 0 Å².